The van der Waals surface area contributed by atoms with Gasteiger partial charge in [-0.15, -0.1) is 0 Å². The first-order valence-corrected chi connectivity index (χ1v) is 9.81. The van der Waals surface area contributed by atoms with Crippen molar-refractivity contribution in [1.29, 1.82) is 0 Å². The second-order valence-electron chi connectivity index (χ2n) is 7.08. The third-order valence-corrected chi connectivity index (χ3v) is 3.59. The summed E-state index contributed by atoms with van der Waals surface area (Å²) >= 11 is 0. The molecule has 0 aliphatic rings. The summed E-state index contributed by atoms with van der Waals surface area (Å²) in [5.41, 5.74) is 0. The topological polar surface area (TPSA) is 48.9 Å². The zero-order chi connectivity index (χ0) is 18.0. The highest BCUT2D eigenvalue weighted by atomic mass is 16.5. The van der Waals surface area contributed by atoms with Crippen molar-refractivity contribution in [3.05, 3.63) is 0 Å². The van der Waals surface area contributed by atoms with Crippen LogP contribution < -0.4 is 10.6 Å². The number of ether oxygens (including phenoxy) is 1. The van der Waals surface area contributed by atoms with Crippen molar-refractivity contribution in [3.8, 4) is 0 Å². The van der Waals surface area contributed by atoms with Crippen LogP contribution in [0.3, 0.4) is 0 Å². The molecule has 0 heterocycles. The van der Waals surface area contributed by atoms with Crippen LogP contribution in [-0.4, -0.2) is 64.3 Å². The molecule has 0 aromatic carbocycles. The minimum absolute atomic E-state index is 0.607. The zero-order valence-corrected chi connectivity index (χ0v) is 16.9. The predicted molar refractivity (Wildman–Crippen MR) is 106 cm³/mol. The Bertz CT molecular complexity index is 293. The van der Waals surface area contributed by atoms with Gasteiger partial charge in [-0.05, 0) is 52.7 Å². The fourth-order valence-electron chi connectivity index (χ4n) is 2.31. The molecule has 0 aliphatic heterocycles. The van der Waals surface area contributed by atoms with Gasteiger partial charge in [-0.2, -0.15) is 0 Å². The van der Waals surface area contributed by atoms with Gasteiger partial charge in [-0.1, -0.05) is 33.1 Å². The molecule has 144 valence electrons. The Morgan fingerprint density at radius 2 is 1.71 bits per heavy atom. The van der Waals surface area contributed by atoms with Crippen molar-refractivity contribution in [2.75, 3.05) is 53.5 Å². The van der Waals surface area contributed by atoms with Gasteiger partial charge in [0.05, 0.1) is 0 Å². The van der Waals surface area contributed by atoms with Gasteiger partial charge in [-0.25, -0.2) is 0 Å². The van der Waals surface area contributed by atoms with E-state index in [2.05, 4.69) is 55.4 Å². The molecule has 0 spiro atoms. The molecule has 0 bridgehead atoms. The molecular weight excluding hydrogens is 300 g/mol. The molecule has 0 unspecified atom stereocenters. The fraction of sp³-hybridized carbons (Fsp3) is 0.947. The lowest BCUT2D eigenvalue weighted by atomic mass is 10.1. The van der Waals surface area contributed by atoms with Crippen LogP contribution in [0.1, 0.15) is 59.3 Å². The van der Waals surface area contributed by atoms with Gasteiger partial charge in [0.15, 0.2) is 5.96 Å². The van der Waals surface area contributed by atoms with Crippen LogP contribution in [-0.2, 0) is 4.74 Å². The molecule has 5 heteroatoms. The molecule has 0 aliphatic carbocycles. The van der Waals surface area contributed by atoms with E-state index in [1.807, 2.05) is 0 Å². The summed E-state index contributed by atoms with van der Waals surface area (Å²) in [7, 11) is 4.28. The summed E-state index contributed by atoms with van der Waals surface area (Å²) in [6.45, 7) is 12.0. The Balaban J connectivity index is 3.62. The average Bonchev–Trinajstić information content (AvgIpc) is 2.52. The Labute approximate surface area is 150 Å². The number of aliphatic imine (C=N–C) groups is 1. The minimum Gasteiger partial charge on any atom is -0.381 e. The lowest BCUT2D eigenvalue weighted by molar-refractivity contribution is 0.109. The molecule has 0 saturated carbocycles. The molecule has 0 fully saturated rings. The first-order valence-electron chi connectivity index (χ1n) is 9.81. The summed E-state index contributed by atoms with van der Waals surface area (Å²) in [6, 6.07) is 0. The van der Waals surface area contributed by atoms with Gasteiger partial charge in [-0.3, -0.25) is 4.99 Å². The monoisotopic (exact) mass is 342 g/mol. The third-order valence-electron chi connectivity index (χ3n) is 3.59. The molecule has 0 atom stereocenters. The van der Waals surface area contributed by atoms with Gasteiger partial charge in [0.1, 0.15) is 0 Å². The van der Waals surface area contributed by atoms with Crippen molar-refractivity contribution >= 4 is 5.96 Å². The maximum Gasteiger partial charge on any atom is 0.191 e. The van der Waals surface area contributed by atoms with Crippen LogP contribution in [0.4, 0.5) is 0 Å². The van der Waals surface area contributed by atoms with Crippen molar-refractivity contribution in [2.24, 2.45) is 10.9 Å². The van der Waals surface area contributed by atoms with E-state index < -0.39 is 0 Å². The summed E-state index contributed by atoms with van der Waals surface area (Å²) in [5.74, 6) is 1.55. The SMILES string of the molecule is CCNC(=NCCCOCC(C)C)NCCCCCCCN(C)C. The summed E-state index contributed by atoms with van der Waals surface area (Å²) in [5, 5.41) is 6.74. The number of hydrogen-bond acceptors (Lipinski definition) is 3. The lowest BCUT2D eigenvalue weighted by Gasteiger charge is -2.12. The highest BCUT2D eigenvalue weighted by molar-refractivity contribution is 5.79. The number of unbranched alkanes of at least 4 members (excludes halogenated alkanes) is 4. The number of nitrogens with one attached hydrogen (secondary N) is 2. The van der Waals surface area contributed by atoms with E-state index in [-0.39, 0.29) is 0 Å². The normalized spacial score (nSPS) is 12.2. The fourth-order valence-corrected chi connectivity index (χ4v) is 2.31. The van der Waals surface area contributed by atoms with Crippen molar-refractivity contribution in [1.82, 2.24) is 15.5 Å². The molecule has 0 rings (SSSR count). The van der Waals surface area contributed by atoms with E-state index in [9.17, 15) is 0 Å². The standard InChI is InChI=1S/C19H42N4O/c1-6-20-19(22-14-12-16-24-17-18(2)3)21-13-10-8-7-9-11-15-23(4)5/h18H,6-17H2,1-5H3,(H2,20,21,22). The Kier molecular flexibility index (Phi) is 16.5. The third kappa shape index (κ3) is 17.5. The maximum absolute atomic E-state index is 5.58. The van der Waals surface area contributed by atoms with Crippen LogP contribution in [0.15, 0.2) is 4.99 Å². The lowest BCUT2D eigenvalue weighted by Crippen LogP contribution is -2.37. The maximum atomic E-state index is 5.58. The smallest absolute Gasteiger partial charge is 0.191 e. The largest absolute Gasteiger partial charge is 0.381 e. The van der Waals surface area contributed by atoms with Crippen LogP contribution in [0.2, 0.25) is 0 Å². The molecule has 0 saturated heterocycles. The quantitative estimate of drug-likeness (QED) is 0.273. The van der Waals surface area contributed by atoms with Gasteiger partial charge in [0, 0.05) is 32.8 Å². The first kappa shape index (κ1) is 23.2. The average molecular weight is 343 g/mol. The Hall–Kier alpha value is -0.810. The van der Waals surface area contributed by atoms with Gasteiger partial charge in [0.2, 0.25) is 0 Å². The Morgan fingerprint density at radius 1 is 1.00 bits per heavy atom. The minimum atomic E-state index is 0.607. The van der Waals surface area contributed by atoms with Crippen LogP contribution >= 0.6 is 0 Å². The van der Waals surface area contributed by atoms with E-state index in [0.29, 0.717) is 5.92 Å². The van der Waals surface area contributed by atoms with Gasteiger partial charge < -0.3 is 20.3 Å². The second kappa shape index (κ2) is 17.0. The Morgan fingerprint density at radius 3 is 2.38 bits per heavy atom. The molecule has 0 radical (unpaired) electrons. The molecule has 0 amide bonds. The zero-order valence-electron chi connectivity index (χ0n) is 16.9. The second-order valence-corrected chi connectivity index (χ2v) is 7.08. The van der Waals surface area contributed by atoms with Crippen LogP contribution in [0, 0.1) is 5.92 Å². The molecule has 5 nitrogen and oxygen atoms in total. The summed E-state index contributed by atoms with van der Waals surface area (Å²) < 4.78 is 5.58. The van der Waals surface area contributed by atoms with Crippen LogP contribution in [0.5, 0.6) is 0 Å². The number of hydrogen-bond donors (Lipinski definition) is 2. The predicted octanol–water partition coefficient (Wildman–Crippen LogP) is 3.12. The van der Waals surface area contributed by atoms with E-state index in [1.54, 1.807) is 0 Å². The molecule has 2 N–H and O–H groups in total. The molecule has 24 heavy (non-hydrogen) atoms. The number of guanidine groups is 1. The van der Waals surface area contributed by atoms with E-state index in [4.69, 9.17) is 4.74 Å². The van der Waals surface area contributed by atoms with Crippen molar-refractivity contribution < 1.29 is 4.74 Å². The van der Waals surface area contributed by atoms with E-state index >= 15 is 0 Å². The van der Waals surface area contributed by atoms with E-state index in [0.717, 1.165) is 45.2 Å². The number of nitrogens with zero attached hydrogens (tertiary/aromatic N) is 2. The summed E-state index contributed by atoms with van der Waals surface area (Å²) in [4.78, 5) is 6.86. The first-order chi connectivity index (χ1) is 11.6. The van der Waals surface area contributed by atoms with Crippen molar-refractivity contribution in [3.63, 3.8) is 0 Å². The highest BCUT2D eigenvalue weighted by Crippen LogP contribution is 2.02. The molecule has 0 aromatic heterocycles. The molecular formula is C19H42N4O. The van der Waals surface area contributed by atoms with Gasteiger partial charge >= 0.3 is 0 Å². The van der Waals surface area contributed by atoms with Gasteiger partial charge in [0.25, 0.3) is 0 Å². The molecule has 0 aromatic rings. The van der Waals surface area contributed by atoms with Crippen LogP contribution in [0.25, 0.3) is 0 Å². The number of rotatable bonds is 15. The summed E-state index contributed by atoms with van der Waals surface area (Å²) in [6.07, 6.45) is 7.46. The van der Waals surface area contributed by atoms with Crippen molar-refractivity contribution in [2.45, 2.75) is 59.3 Å². The highest BCUT2D eigenvalue weighted by Gasteiger charge is 1.98. The van der Waals surface area contributed by atoms with E-state index in [1.165, 1.54) is 38.6 Å².